The molecule has 2 aliphatic rings. The molecule has 2 N–H and O–H groups in total. The van der Waals surface area contributed by atoms with Crippen LogP contribution in [0, 0.1) is 5.92 Å². The monoisotopic (exact) mass is 231 g/mol. The lowest BCUT2D eigenvalue weighted by molar-refractivity contribution is 0.160. The highest BCUT2D eigenvalue weighted by atomic mass is 16.3. The van der Waals surface area contributed by atoms with Crippen LogP contribution < -0.4 is 5.32 Å². The molecule has 1 unspecified atom stereocenters. The Morgan fingerprint density at radius 2 is 2.18 bits per heavy atom. The fourth-order valence-electron chi connectivity index (χ4n) is 4.05. The van der Waals surface area contributed by atoms with Crippen molar-refractivity contribution >= 4 is 5.69 Å². The second-order valence-electron chi connectivity index (χ2n) is 5.60. The van der Waals surface area contributed by atoms with Crippen molar-refractivity contribution in [3.8, 4) is 5.75 Å². The van der Waals surface area contributed by atoms with E-state index >= 15 is 0 Å². The van der Waals surface area contributed by atoms with Gasteiger partial charge < -0.3 is 10.4 Å². The van der Waals surface area contributed by atoms with Gasteiger partial charge in [-0.05, 0) is 42.4 Å². The third kappa shape index (κ3) is 1.33. The van der Waals surface area contributed by atoms with Crippen molar-refractivity contribution < 1.29 is 5.11 Å². The van der Waals surface area contributed by atoms with Gasteiger partial charge in [-0.25, -0.2) is 0 Å². The largest absolute Gasteiger partial charge is 0.508 e. The lowest BCUT2D eigenvalue weighted by atomic mass is 9.59. The molecule has 1 aromatic rings. The summed E-state index contributed by atoms with van der Waals surface area (Å²) in [4.78, 5) is 0. The van der Waals surface area contributed by atoms with Gasteiger partial charge >= 0.3 is 0 Å². The molecule has 0 radical (unpaired) electrons. The van der Waals surface area contributed by atoms with Gasteiger partial charge in [-0.3, -0.25) is 0 Å². The Kier molecular flexibility index (Phi) is 2.35. The van der Waals surface area contributed by atoms with E-state index in [1.807, 2.05) is 19.2 Å². The van der Waals surface area contributed by atoms with Crippen molar-refractivity contribution in [3.05, 3.63) is 23.3 Å². The van der Waals surface area contributed by atoms with E-state index in [9.17, 15) is 5.11 Å². The third-order valence-corrected chi connectivity index (χ3v) is 4.96. The molecule has 92 valence electrons. The standard InChI is InChI=1S/C15H21NO/c1-3-11-7-10-8-12(17)9-13(16-2)14(10)15(11)5-4-6-15/h8-9,11,16-17H,3-7H2,1-2H3. The summed E-state index contributed by atoms with van der Waals surface area (Å²) in [6, 6.07) is 3.86. The Bertz CT molecular complexity index is 448. The highest BCUT2D eigenvalue weighted by Gasteiger charge is 2.50. The molecule has 1 spiro atoms. The van der Waals surface area contributed by atoms with Crippen molar-refractivity contribution in [2.75, 3.05) is 12.4 Å². The van der Waals surface area contributed by atoms with E-state index in [0.29, 0.717) is 11.2 Å². The van der Waals surface area contributed by atoms with Gasteiger partial charge in [-0.1, -0.05) is 19.8 Å². The molecule has 1 atom stereocenters. The summed E-state index contributed by atoms with van der Waals surface area (Å²) in [5.41, 5.74) is 4.46. The Hall–Kier alpha value is -1.18. The minimum atomic E-state index is 0.402. The first-order valence-electron chi connectivity index (χ1n) is 6.75. The van der Waals surface area contributed by atoms with Crippen LogP contribution in [0.4, 0.5) is 5.69 Å². The van der Waals surface area contributed by atoms with E-state index in [4.69, 9.17) is 0 Å². The third-order valence-electron chi connectivity index (χ3n) is 4.96. The van der Waals surface area contributed by atoms with Crippen molar-refractivity contribution in [1.82, 2.24) is 0 Å². The zero-order chi connectivity index (χ0) is 12.0. The maximum Gasteiger partial charge on any atom is 0.117 e. The summed E-state index contributed by atoms with van der Waals surface area (Å²) in [5, 5.41) is 13.1. The Morgan fingerprint density at radius 3 is 2.71 bits per heavy atom. The number of anilines is 1. The second-order valence-corrected chi connectivity index (χ2v) is 5.60. The van der Waals surface area contributed by atoms with Gasteiger partial charge in [0, 0.05) is 24.2 Å². The molecule has 0 heterocycles. The van der Waals surface area contributed by atoms with Crippen molar-refractivity contribution in [2.45, 2.75) is 44.4 Å². The molecule has 3 rings (SSSR count). The molecular weight excluding hydrogens is 210 g/mol. The van der Waals surface area contributed by atoms with Crippen LogP contribution in [0.3, 0.4) is 0 Å². The number of phenols is 1. The highest BCUT2D eigenvalue weighted by Crippen LogP contribution is 2.59. The van der Waals surface area contributed by atoms with E-state index in [-0.39, 0.29) is 0 Å². The summed E-state index contributed by atoms with van der Waals surface area (Å²) in [6.07, 6.45) is 6.42. The molecule has 1 saturated carbocycles. The van der Waals surface area contributed by atoms with E-state index in [1.54, 1.807) is 0 Å². The van der Waals surface area contributed by atoms with E-state index < -0.39 is 0 Å². The molecule has 0 aliphatic heterocycles. The first kappa shape index (κ1) is 10.9. The number of hydrogen-bond donors (Lipinski definition) is 2. The number of rotatable bonds is 2. The van der Waals surface area contributed by atoms with Crippen LogP contribution in [0.2, 0.25) is 0 Å². The Balaban J connectivity index is 2.16. The average molecular weight is 231 g/mol. The molecule has 2 nitrogen and oxygen atoms in total. The molecule has 1 fully saturated rings. The molecule has 0 saturated heterocycles. The first-order valence-corrected chi connectivity index (χ1v) is 6.75. The fraction of sp³-hybridized carbons (Fsp3) is 0.600. The van der Waals surface area contributed by atoms with Gasteiger partial charge in [0.2, 0.25) is 0 Å². The summed E-state index contributed by atoms with van der Waals surface area (Å²) >= 11 is 0. The Morgan fingerprint density at radius 1 is 1.41 bits per heavy atom. The van der Waals surface area contributed by atoms with Crippen LogP contribution in [0.1, 0.15) is 43.7 Å². The predicted molar refractivity (Wildman–Crippen MR) is 70.7 cm³/mol. The van der Waals surface area contributed by atoms with Crippen molar-refractivity contribution in [1.29, 1.82) is 0 Å². The molecular formula is C15H21NO. The predicted octanol–water partition coefficient (Wildman–Crippen LogP) is 3.44. The molecule has 2 heteroatoms. The van der Waals surface area contributed by atoms with Crippen LogP contribution >= 0.6 is 0 Å². The van der Waals surface area contributed by atoms with Gasteiger partial charge in [-0.2, -0.15) is 0 Å². The minimum Gasteiger partial charge on any atom is -0.508 e. The van der Waals surface area contributed by atoms with Crippen molar-refractivity contribution in [2.24, 2.45) is 5.92 Å². The number of fused-ring (bicyclic) bond motifs is 2. The molecule has 0 bridgehead atoms. The normalized spacial score (nSPS) is 24.5. The van der Waals surface area contributed by atoms with Crippen molar-refractivity contribution in [3.63, 3.8) is 0 Å². The van der Waals surface area contributed by atoms with E-state index in [1.165, 1.54) is 36.8 Å². The summed E-state index contributed by atoms with van der Waals surface area (Å²) in [5.74, 6) is 1.18. The smallest absolute Gasteiger partial charge is 0.117 e. The lowest BCUT2D eigenvalue weighted by Gasteiger charge is -2.45. The van der Waals surface area contributed by atoms with Crippen LogP contribution in [0.5, 0.6) is 5.75 Å². The van der Waals surface area contributed by atoms with Crippen LogP contribution in [-0.2, 0) is 11.8 Å². The van der Waals surface area contributed by atoms with Gasteiger partial charge in [-0.15, -0.1) is 0 Å². The quantitative estimate of drug-likeness (QED) is 0.817. The number of benzene rings is 1. The van der Waals surface area contributed by atoms with Crippen LogP contribution in [0.25, 0.3) is 0 Å². The minimum absolute atomic E-state index is 0.402. The Labute approximate surface area is 103 Å². The maximum absolute atomic E-state index is 9.79. The molecule has 2 aliphatic carbocycles. The number of hydrogen-bond acceptors (Lipinski definition) is 2. The molecule has 17 heavy (non-hydrogen) atoms. The van der Waals surface area contributed by atoms with E-state index in [0.717, 1.165) is 18.0 Å². The zero-order valence-corrected chi connectivity index (χ0v) is 10.7. The van der Waals surface area contributed by atoms with Crippen LogP contribution in [0.15, 0.2) is 12.1 Å². The van der Waals surface area contributed by atoms with Gasteiger partial charge in [0.1, 0.15) is 5.75 Å². The number of nitrogens with one attached hydrogen (secondary N) is 1. The maximum atomic E-state index is 9.79. The lowest BCUT2D eigenvalue weighted by Crippen LogP contribution is -2.39. The van der Waals surface area contributed by atoms with Crippen LogP contribution in [-0.4, -0.2) is 12.2 Å². The van der Waals surface area contributed by atoms with E-state index in [2.05, 4.69) is 12.2 Å². The average Bonchev–Trinajstić information content (AvgIpc) is 2.61. The van der Waals surface area contributed by atoms with Gasteiger partial charge in [0.25, 0.3) is 0 Å². The van der Waals surface area contributed by atoms with Gasteiger partial charge in [0.05, 0.1) is 0 Å². The fourth-order valence-corrected chi connectivity index (χ4v) is 4.05. The molecule has 0 amide bonds. The second kappa shape index (κ2) is 3.66. The van der Waals surface area contributed by atoms with Gasteiger partial charge in [0.15, 0.2) is 0 Å². The summed E-state index contributed by atoms with van der Waals surface area (Å²) in [7, 11) is 1.96. The number of aromatic hydroxyl groups is 1. The molecule has 0 aromatic heterocycles. The highest BCUT2D eigenvalue weighted by molar-refractivity contribution is 5.64. The SMILES string of the molecule is CCC1Cc2cc(O)cc(NC)c2C12CCC2. The first-order chi connectivity index (χ1) is 8.21. The number of phenolic OH excluding ortho intramolecular Hbond substituents is 1. The summed E-state index contributed by atoms with van der Waals surface area (Å²) < 4.78 is 0. The zero-order valence-electron chi connectivity index (χ0n) is 10.7. The summed E-state index contributed by atoms with van der Waals surface area (Å²) in [6.45, 7) is 2.30. The molecule has 1 aromatic carbocycles. The topological polar surface area (TPSA) is 32.3 Å².